The van der Waals surface area contributed by atoms with E-state index in [1.54, 1.807) is 0 Å². The Morgan fingerprint density at radius 3 is 1.38 bits per heavy atom. The maximum absolute atomic E-state index is 2.33. The van der Waals surface area contributed by atoms with E-state index in [2.05, 4.69) is 170 Å². The molecular formula is C40H28. The zero-order valence-corrected chi connectivity index (χ0v) is 22.2. The van der Waals surface area contributed by atoms with Crippen LogP contribution in [0, 0.1) is 0 Å². The highest BCUT2D eigenvalue weighted by Gasteiger charge is 2.19. The van der Waals surface area contributed by atoms with Crippen LogP contribution in [0.2, 0.25) is 0 Å². The molecule has 0 aliphatic carbocycles. The Kier molecular flexibility index (Phi) is 6.28. The topological polar surface area (TPSA) is 0 Å². The first-order valence-corrected chi connectivity index (χ1v) is 13.8. The molecule has 0 saturated carbocycles. The molecule has 7 aromatic carbocycles. The van der Waals surface area contributed by atoms with Gasteiger partial charge in [0.2, 0.25) is 0 Å². The molecule has 0 saturated heterocycles. The average molecular weight is 509 g/mol. The number of hydrogen-bond acceptors (Lipinski definition) is 0. The first kappa shape index (κ1) is 23.9. The first-order chi connectivity index (χ1) is 19.9. The van der Waals surface area contributed by atoms with Crippen LogP contribution < -0.4 is 0 Å². The SMILES string of the molecule is c1ccc(-c2ccccc2-c2cccc(-c3ccc4ccccc4c3)c2-c2ccccc2-c2ccccc2)cc1. The van der Waals surface area contributed by atoms with Crippen molar-refractivity contribution in [1.29, 1.82) is 0 Å². The first-order valence-electron chi connectivity index (χ1n) is 13.8. The van der Waals surface area contributed by atoms with Crippen molar-refractivity contribution in [2.45, 2.75) is 0 Å². The van der Waals surface area contributed by atoms with Gasteiger partial charge in [0.05, 0.1) is 0 Å². The fraction of sp³-hybridized carbons (Fsp3) is 0. The lowest BCUT2D eigenvalue weighted by atomic mass is 9.82. The van der Waals surface area contributed by atoms with Gasteiger partial charge in [0.25, 0.3) is 0 Å². The second kappa shape index (κ2) is 10.5. The van der Waals surface area contributed by atoms with Gasteiger partial charge in [0.15, 0.2) is 0 Å². The second-order valence-corrected chi connectivity index (χ2v) is 10.1. The summed E-state index contributed by atoms with van der Waals surface area (Å²) in [5, 5.41) is 2.50. The summed E-state index contributed by atoms with van der Waals surface area (Å²) >= 11 is 0. The molecule has 0 aliphatic rings. The molecule has 0 atom stereocenters. The molecule has 0 aliphatic heterocycles. The van der Waals surface area contributed by atoms with Gasteiger partial charge in [0.1, 0.15) is 0 Å². The number of fused-ring (bicyclic) bond motifs is 1. The van der Waals surface area contributed by atoms with Crippen molar-refractivity contribution in [3.63, 3.8) is 0 Å². The molecule has 7 aromatic rings. The maximum atomic E-state index is 2.33. The van der Waals surface area contributed by atoms with Crippen molar-refractivity contribution in [2.24, 2.45) is 0 Å². The standard InChI is InChI=1S/C40H28/c1-3-15-30(16-4-1)34-20-9-11-22-37(34)39-25-13-24-36(33-27-26-29-14-7-8-19-32(29)28-33)40(39)38-23-12-10-21-35(38)31-17-5-2-6-18-31/h1-28H. The van der Waals surface area contributed by atoms with E-state index < -0.39 is 0 Å². The van der Waals surface area contributed by atoms with Crippen molar-refractivity contribution in [1.82, 2.24) is 0 Å². The summed E-state index contributed by atoms with van der Waals surface area (Å²) in [5.41, 5.74) is 12.3. The highest BCUT2D eigenvalue weighted by atomic mass is 14.2. The van der Waals surface area contributed by atoms with Crippen molar-refractivity contribution >= 4 is 10.8 Å². The van der Waals surface area contributed by atoms with E-state index in [-0.39, 0.29) is 0 Å². The number of rotatable bonds is 5. The fourth-order valence-electron chi connectivity index (χ4n) is 5.82. The van der Waals surface area contributed by atoms with E-state index in [9.17, 15) is 0 Å². The molecule has 40 heavy (non-hydrogen) atoms. The minimum absolute atomic E-state index is 1.22. The van der Waals surface area contributed by atoms with Gasteiger partial charge in [-0.2, -0.15) is 0 Å². The number of hydrogen-bond donors (Lipinski definition) is 0. The van der Waals surface area contributed by atoms with Crippen LogP contribution >= 0.6 is 0 Å². The molecule has 0 aromatic heterocycles. The summed E-state index contributed by atoms with van der Waals surface area (Å²) in [4.78, 5) is 0. The van der Waals surface area contributed by atoms with Gasteiger partial charge in [-0.05, 0) is 72.5 Å². The van der Waals surface area contributed by atoms with Gasteiger partial charge in [-0.3, -0.25) is 0 Å². The minimum Gasteiger partial charge on any atom is -0.0622 e. The van der Waals surface area contributed by atoms with E-state index in [0.29, 0.717) is 0 Å². The van der Waals surface area contributed by atoms with Gasteiger partial charge in [-0.25, -0.2) is 0 Å². The van der Waals surface area contributed by atoms with Crippen LogP contribution in [0.1, 0.15) is 0 Å². The molecule has 0 amide bonds. The molecule has 0 heteroatoms. The Morgan fingerprint density at radius 2 is 0.700 bits per heavy atom. The molecule has 0 unspecified atom stereocenters. The van der Waals surface area contributed by atoms with Crippen LogP contribution in [0.5, 0.6) is 0 Å². The Bertz CT molecular complexity index is 1930. The van der Waals surface area contributed by atoms with Crippen molar-refractivity contribution in [2.75, 3.05) is 0 Å². The van der Waals surface area contributed by atoms with Crippen molar-refractivity contribution in [3.05, 3.63) is 170 Å². The van der Waals surface area contributed by atoms with E-state index in [4.69, 9.17) is 0 Å². The summed E-state index contributed by atoms with van der Waals surface area (Å²) in [6.45, 7) is 0. The summed E-state index contributed by atoms with van der Waals surface area (Å²) in [6.07, 6.45) is 0. The van der Waals surface area contributed by atoms with Gasteiger partial charge in [-0.15, -0.1) is 0 Å². The van der Waals surface area contributed by atoms with Gasteiger partial charge < -0.3 is 0 Å². The molecule has 0 radical (unpaired) electrons. The van der Waals surface area contributed by atoms with Crippen molar-refractivity contribution < 1.29 is 0 Å². The third-order valence-electron chi connectivity index (χ3n) is 7.71. The van der Waals surface area contributed by atoms with Crippen LogP contribution in [-0.4, -0.2) is 0 Å². The van der Waals surface area contributed by atoms with E-state index in [0.717, 1.165) is 0 Å². The Labute approximate surface area is 235 Å². The summed E-state index contributed by atoms with van der Waals surface area (Å²) < 4.78 is 0. The smallest absolute Gasteiger partial charge is 0.00204 e. The largest absolute Gasteiger partial charge is 0.0622 e. The van der Waals surface area contributed by atoms with Crippen LogP contribution in [0.4, 0.5) is 0 Å². The quantitative estimate of drug-likeness (QED) is 0.217. The van der Waals surface area contributed by atoms with E-state index in [1.165, 1.54) is 66.4 Å². The Balaban J connectivity index is 1.55. The summed E-state index contributed by atoms with van der Waals surface area (Å²) in [6, 6.07) is 61.2. The minimum atomic E-state index is 1.22. The molecule has 0 bridgehead atoms. The van der Waals surface area contributed by atoms with Crippen LogP contribution in [0.25, 0.3) is 66.4 Å². The van der Waals surface area contributed by atoms with Gasteiger partial charge >= 0.3 is 0 Å². The third-order valence-corrected chi connectivity index (χ3v) is 7.71. The normalized spacial score (nSPS) is 11.0. The van der Waals surface area contributed by atoms with Crippen molar-refractivity contribution in [3.8, 4) is 55.6 Å². The average Bonchev–Trinajstić information content (AvgIpc) is 3.05. The maximum Gasteiger partial charge on any atom is -0.00204 e. The molecule has 0 spiro atoms. The molecule has 7 rings (SSSR count). The van der Waals surface area contributed by atoms with Crippen LogP contribution in [0.15, 0.2) is 170 Å². The van der Waals surface area contributed by atoms with E-state index >= 15 is 0 Å². The predicted molar refractivity (Wildman–Crippen MR) is 171 cm³/mol. The Morgan fingerprint density at radius 1 is 0.225 bits per heavy atom. The molecule has 188 valence electrons. The molecular weight excluding hydrogens is 480 g/mol. The monoisotopic (exact) mass is 508 g/mol. The zero-order chi connectivity index (χ0) is 26.7. The lowest BCUT2D eigenvalue weighted by Gasteiger charge is -2.21. The zero-order valence-electron chi connectivity index (χ0n) is 22.2. The molecule has 0 nitrogen and oxygen atoms in total. The lowest BCUT2D eigenvalue weighted by Crippen LogP contribution is -1.94. The highest BCUT2D eigenvalue weighted by Crippen LogP contribution is 2.46. The highest BCUT2D eigenvalue weighted by molar-refractivity contribution is 6.03. The van der Waals surface area contributed by atoms with Gasteiger partial charge in [0, 0.05) is 0 Å². The second-order valence-electron chi connectivity index (χ2n) is 10.1. The number of benzene rings is 7. The summed E-state index contributed by atoms with van der Waals surface area (Å²) in [7, 11) is 0. The predicted octanol–water partition coefficient (Wildman–Crippen LogP) is 11.2. The Hall–Kier alpha value is -5.20. The molecule has 0 fully saturated rings. The van der Waals surface area contributed by atoms with Crippen LogP contribution in [-0.2, 0) is 0 Å². The lowest BCUT2D eigenvalue weighted by molar-refractivity contribution is 1.54. The van der Waals surface area contributed by atoms with Gasteiger partial charge in [-0.1, -0.05) is 164 Å². The summed E-state index contributed by atoms with van der Waals surface area (Å²) in [5.74, 6) is 0. The van der Waals surface area contributed by atoms with Crippen LogP contribution in [0.3, 0.4) is 0 Å². The third kappa shape index (κ3) is 4.40. The molecule has 0 heterocycles. The van der Waals surface area contributed by atoms with E-state index in [1.807, 2.05) is 0 Å². The molecule has 0 N–H and O–H groups in total. The fourth-order valence-corrected chi connectivity index (χ4v) is 5.82.